The molecule has 1 aromatic carbocycles. The van der Waals surface area contributed by atoms with Crippen LogP contribution in [0.4, 0.5) is 4.39 Å². The van der Waals surface area contributed by atoms with Gasteiger partial charge in [0.2, 0.25) is 0 Å². The minimum atomic E-state index is -0.421. The van der Waals surface area contributed by atoms with Gasteiger partial charge in [-0.2, -0.15) is 5.26 Å². The molecule has 0 atom stereocenters. The van der Waals surface area contributed by atoms with Gasteiger partial charge in [-0.25, -0.2) is 4.39 Å². The molecule has 0 radical (unpaired) electrons. The molecule has 1 aromatic rings. The van der Waals surface area contributed by atoms with Crippen molar-refractivity contribution in [2.45, 2.75) is 13.3 Å². The molecule has 0 unspecified atom stereocenters. The molecule has 3 heteroatoms. The van der Waals surface area contributed by atoms with Gasteiger partial charge in [0.1, 0.15) is 11.6 Å². The summed E-state index contributed by atoms with van der Waals surface area (Å²) in [5.74, 6) is -0.502. The molecule has 0 aliphatic carbocycles. The van der Waals surface area contributed by atoms with Gasteiger partial charge in [-0.05, 0) is 30.7 Å². The largest absolute Gasteiger partial charge is 0.300 e. The number of hydrogen-bond donors (Lipinski definition) is 0. The Bertz CT molecular complexity index is 379. The molecule has 1 rings (SSSR count). The SMILES string of the molecule is CC(=O)Cc1cc(F)ccc1C#N. The summed E-state index contributed by atoms with van der Waals surface area (Å²) in [5, 5.41) is 8.64. The number of hydrogen-bond acceptors (Lipinski definition) is 2. The van der Waals surface area contributed by atoms with E-state index in [1.54, 1.807) is 0 Å². The van der Waals surface area contributed by atoms with Gasteiger partial charge >= 0.3 is 0 Å². The van der Waals surface area contributed by atoms with Gasteiger partial charge in [0.15, 0.2) is 0 Å². The Labute approximate surface area is 75.6 Å². The molecule has 0 aliphatic heterocycles. The highest BCUT2D eigenvalue weighted by Crippen LogP contribution is 2.11. The molecule has 0 heterocycles. The first-order valence-electron chi connectivity index (χ1n) is 3.81. The van der Waals surface area contributed by atoms with Gasteiger partial charge in [-0.3, -0.25) is 4.79 Å². The third-order valence-corrected chi connectivity index (χ3v) is 1.63. The predicted octanol–water partition coefficient (Wildman–Crippen LogP) is 1.83. The molecule has 0 aliphatic rings. The molecule has 13 heavy (non-hydrogen) atoms. The normalized spacial score (nSPS) is 9.31. The Morgan fingerprint density at radius 3 is 2.85 bits per heavy atom. The van der Waals surface area contributed by atoms with E-state index in [1.165, 1.54) is 25.1 Å². The van der Waals surface area contributed by atoms with E-state index in [9.17, 15) is 9.18 Å². The number of benzene rings is 1. The topological polar surface area (TPSA) is 40.9 Å². The molecular weight excluding hydrogens is 169 g/mol. The lowest BCUT2D eigenvalue weighted by molar-refractivity contribution is -0.116. The average Bonchev–Trinajstić information content (AvgIpc) is 2.03. The summed E-state index contributed by atoms with van der Waals surface area (Å²) in [7, 11) is 0. The first-order chi connectivity index (χ1) is 6.13. The number of nitriles is 1. The van der Waals surface area contributed by atoms with Crippen molar-refractivity contribution < 1.29 is 9.18 Å². The quantitative estimate of drug-likeness (QED) is 0.691. The highest BCUT2D eigenvalue weighted by atomic mass is 19.1. The third kappa shape index (κ3) is 2.38. The number of carbonyl (C=O) groups excluding carboxylic acids is 1. The second kappa shape index (κ2) is 3.81. The highest BCUT2D eigenvalue weighted by Gasteiger charge is 2.05. The average molecular weight is 177 g/mol. The van der Waals surface area contributed by atoms with Gasteiger partial charge in [0.05, 0.1) is 11.6 Å². The first-order valence-corrected chi connectivity index (χ1v) is 3.81. The van der Waals surface area contributed by atoms with Crippen molar-refractivity contribution in [2.24, 2.45) is 0 Å². The van der Waals surface area contributed by atoms with Crippen molar-refractivity contribution >= 4 is 5.78 Å². The van der Waals surface area contributed by atoms with E-state index in [0.29, 0.717) is 11.1 Å². The van der Waals surface area contributed by atoms with Crippen LogP contribution < -0.4 is 0 Å². The molecule has 0 saturated carbocycles. The summed E-state index contributed by atoms with van der Waals surface area (Å²) >= 11 is 0. The summed E-state index contributed by atoms with van der Waals surface area (Å²) in [6.45, 7) is 1.41. The summed E-state index contributed by atoms with van der Waals surface area (Å²) in [6.07, 6.45) is 0.112. The molecule has 66 valence electrons. The fourth-order valence-electron chi connectivity index (χ4n) is 1.09. The van der Waals surface area contributed by atoms with E-state index in [1.807, 2.05) is 6.07 Å². The van der Waals surface area contributed by atoms with Crippen LogP contribution in [0, 0.1) is 17.1 Å². The molecular formula is C10H8FNO. The van der Waals surface area contributed by atoms with E-state index in [4.69, 9.17) is 5.26 Å². The lowest BCUT2D eigenvalue weighted by atomic mass is 10.0. The van der Waals surface area contributed by atoms with Gasteiger partial charge in [0, 0.05) is 6.42 Å². The third-order valence-electron chi connectivity index (χ3n) is 1.63. The van der Waals surface area contributed by atoms with E-state index < -0.39 is 5.82 Å². The summed E-state index contributed by atoms with van der Waals surface area (Å²) < 4.78 is 12.7. The molecule has 0 amide bonds. The van der Waals surface area contributed by atoms with Gasteiger partial charge in [-0.1, -0.05) is 0 Å². The summed E-state index contributed by atoms with van der Waals surface area (Å²) in [5.41, 5.74) is 0.812. The van der Waals surface area contributed by atoms with Crippen LogP contribution in [0.25, 0.3) is 0 Å². The lowest BCUT2D eigenvalue weighted by Crippen LogP contribution is -1.99. The minimum absolute atomic E-state index is 0.0814. The number of carbonyl (C=O) groups is 1. The van der Waals surface area contributed by atoms with Crippen LogP contribution in [0.2, 0.25) is 0 Å². The second-order valence-corrected chi connectivity index (χ2v) is 2.79. The molecule has 0 bridgehead atoms. The van der Waals surface area contributed by atoms with Crippen molar-refractivity contribution in [3.05, 3.63) is 35.1 Å². The van der Waals surface area contributed by atoms with Gasteiger partial charge < -0.3 is 0 Å². The van der Waals surface area contributed by atoms with Crippen molar-refractivity contribution in [1.29, 1.82) is 5.26 Å². The maximum absolute atomic E-state index is 12.7. The van der Waals surface area contributed by atoms with Crippen molar-refractivity contribution in [3.8, 4) is 6.07 Å². The Morgan fingerprint density at radius 1 is 1.62 bits per heavy atom. The lowest BCUT2D eigenvalue weighted by Gasteiger charge is -2.00. The molecule has 2 nitrogen and oxygen atoms in total. The Balaban J connectivity index is 3.10. The first kappa shape index (κ1) is 9.40. The monoisotopic (exact) mass is 177 g/mol. The van der Waals surface area contributed by atoms with Gasteiger partial charge in [0.25, 0.3) is 0 Å². The fraction of sp³-hybridized carbons (Fsp3) is 0.200. The van der Waals surface area contributed by atoms with E-state index >= 15 is 0 Å². The van der Waals surface area contributed by atoms with Crippen LogP contribution in [0.5, 0.6) is 0 Å². The van der Waals surface area contributed by atoms with E-state index in [0.717, 1.165) is 0 Å². The second-order valence-electron chi connectivity index (χ2n) is 2.79. The maximum atomic E-state index is 12.7. The number of nitrogens with zero attached hydrogens (tertiary/aromatic N) is 1. The Kier molecular flexibility index (Phi) is 2.76. The highest BCUT2D eigenvalue weighted by molar-refractivity contribution is 5.78. The number of halogens is 1. The number of Topliss-reactive ketones (excluding diaryl/α,β-unsaturated/α-hetero) is 1. The van der Waals surface area contributed by atoms with Crippen molar-refractivity contribution in [2.75, 3.05) is 0 Å². The molecule has 0 aromatic heterocycles. The van der Waals surface area contributed by atoms with Crippen LogP contribution >= 0.6 is 0 Å². The van der Waals surface area contributed by atoms with Crippen LogP contribution in [0.1, 0.15) is 18.1 Å². The van der Waals surface area contributed by atoms with Crippen molar-refractivity contribution in [1.82, 2.24) is 0 Å². The van der Waals surface area contributed by atoms with Gasteiger partial charge in [-0.15, -0.1) is 0 Å². The zero-order chi connectivity index (χ0) is 9.84. The predicted molar refractivity (Wildman–Crippen MR) is 45.5 cm³/mol. The molecule has 0 saturated heterocycles. The summed E-state index contributed by atoms with van der Waals surface area (Å²) in [6, 6.07) is 5.72. The Hall–Kier alpha value is -1.69. The van der Waals surface area contributed by atoms with Crippen LogP contribution in [0.3, 0.4) is 0 Å². The number of rotatable bonds is 2. The van der Waals surface area contributed by atoms with Crippen LogP contribution in [-0.4, -0.2) is 5.78 Å². The Morgan fingerprint density at radius 2 is 2.31 bits per heavy atom. The van der Waals surface area contributed by atoms with Crippen molar-refractivity contribution in [3.63, 3.8) is 0 Å². The smallest absolute Gasteiger partial charge is 0.134 e. The van der Waals surface area contributed by atoms with Crippen LogP contribution in [0.15, 0.2) is 18.2 Å². The minimum Gasteiger partial charge on any atom is -0.300 e. The molecule has 0 spiro atoms. The maximum Gasteiger partial charge on any atom is 0.134 e. The zero-order valence-corrected chi connectivity index (χ0v) is 7.17. The standard InChI is InChI=1S/C10H8FNO/c1-7(13)4-9-5-10(11)3-2-8(9)6-12/h2-3,5H,4H2,1H3. The molecule has 0 N–H and O–H groups in total. The molecule has 0 fully saturated rings. The van der Waals surface area contributed by atoms with E-state index in [2.05, 4.69) is 0 Å². The van der Waals surface area contributed by atoms with Crippen LogP contribution in [-0.2, 0) is 11.2 Å². The van der Waals surface area contributed by atoms with E-state index in [-0.39, 0.29) is 12.2 Å². The number of ketones is 1. The fourth-order valence-corrected chi connectivity index (χ4v) is 1.09. The summed E-state index contributed by atoms with van der Waals surface area (Å²) in [4.78, 5) is 10.8. The zero-order valence-electron chi connectivity index (χ0n) is 7.17.